The van der Waals surface area contributed by atoms with Crippen molar-refractivity contribution >= 4 is 20.8 Å². The second kappa shape index (κ2) is 9.13. The SMILES string of the molecule is CCOCCN(CCOCC)S(=O)(=O)c1ccc2ccccc2c1. The zero-order valence-corrected chi connectivity index (χ0v) is 15.1. The Labute approximate surface area is 144 Å². The molecule has 0 N–H and O–H groups in total. The van der Waals surface area contributed by atoms with E-state index in [1.54, 1.807) is 12.1 Å². The Balaban J connectivity index is 2.25. The van der Waals surface area contributed by atoms with Crippen LogP contribution in [0, 0.1) is 0 Å². The Bertz CT molecular complexity index is 736. The number of ether oxygens (including phenoxy) is 2. The summed E-state index contributed by atoms with van der Waals surface area (Å²) in [6.07, 6.45) is 0. The standard InChI is InChI=1S/C18H25NO4S/c1-3-22-13-11-19(12-14-23-4-2)24(20,21)18-10-9-16-7-5-6-8-17(16)15-18/h5-10,15H,3-4,11-14H2,1-2H3. The van der Waals surface area contributed by atoms with Crippen molar-refractivity contribution in [2.24, 2.45) is 0 Å². The van der Waals surface area contributed by atoms with E-state index >= 15 is 0 Å². The van der Waals surface area contributed by atoms with E-state index in [0.29, 0.717) is 44.4 Å². The van der Waals surface area contributed by atoms with E-state index in [9.17, 15) is 8.42 Å². The summed E-state index contributed by atoms with van der Waals surface area (Å²) in [7, 11) is -3.58. The van der Waals surface area contributed by atoms with Crippen molar-refractivity contribution < 1.29 is 17.9 Å². The van der Waals surface area contributed by atoms with Crippen LogP contribution in [0.25, 0.3) is 10.8 Å². The number of hydrogen-bond donors (Lipinski definition) is 0. The van der Waals surface area contributed by atoms with Crippen LogP contribution in [0.3, 0.4) is 0 Å². The molecule has 132 valence electrons. The van der Waals surface area contributed by atoms with Gasteiger partial charge >= 0.3 is 0 Å². The van der Waals surface area contributed by atoms with E-state index in [4.69, 9.17) is 9.47 Å². The molecule has 2 aromatic carbocycles. The molecule has 24 heavy (non-hydrogen) atoms. The molecule has 0 unspecified atom stereocenters. The van der Waals surface area contributed by atoms with Gasteiger partial charge in [-0.15, -0.1) is 0 Å². The van der Waals surface area contributed by atoms with Gasteiger partial charge in [-0.1, -0.05) is 30.3 Å². The van der Waals surface area contributed by atoms with Crippen molar-refractivity contribution in [2.75, 3.05) is 39.5 Å². The lowest BCUT2D eigenvalue weighted by Crippen LogP contribution is -2.36. The first-order valence-electron chi connectivity index (χ1n) is 8.24. The number of fused-ring (bicyclic) bond motifs is 1. The number of nitrogens with zero attached hydrogens (tertiary/aromatic N) is 1. The maximum absolute atomic E-state index is 13.0. The molecule has 0 spiro atoms. The van der Waals surface area contributed by atoms with Crippen LogP contribution in [0.4, 0.5) is 0 Å². The molecule has 0 aliphatic rings. The van der Waals surface area contributed by atoms with E-state index in [-0.39, 0.29) is 0 Å². The van der Waals surface area contributed by atoms with Gasteiger partial charge in [-0.25, -0.2) is 8.42 Å². The number of benzene rings is 2. The molecule has 0 aliphatic carbocycles. The topological polar surface area (TPSA) is 55.8 Å². The quantitative estimate of drug-likeness (QED) is 0.618. The van der Waals surface area contributed by atoms with Crippen molar-refractivity contribution in [1.82, 2.24) is 4.31 Å². The lowest BCUT2D eigenvalue weighted by atomic mass is 10.1. The maximum Gasteiger partial charge on any atom is 0.243 e. The Morgan fingerprint density at radius 2 is 1.46 bits per heavy atom. The largest absolute Gasteiger partial charge is 0.380 e. The van der Waals surface area contributed by atoms with E-state index < -0.39 is 10.0 Å². The highest BCUT2D eigenvalue weighted by Crippen LogP contribution is 2.21. The summed E-state index contributed by atoms with van der Waals surface area (Å²) in [5, 5.41) is 1.93. The third-order valence-electron chi connectivity index (χ3n) is 3.74. The van der Waals surface area contributed by atoms with Crippen LogP contribution in [-0.2, 0) is 19.5 Å². The lowest BCUT2D eigenvalue weighted by Gasteiger charge is -2.22. The average Bonchev–Trinajstić information content (AvgIpc) is 2.60. The van der Waals surface area contributed by atoms with Gasteiger partial charge in [-0.05, 0) is 36.8 Å². The van der Waals surface area contributed by atoms with E-state index in [2.05, 4.69) is 0 Å². The minimum Gasteiger partial charge on any atom is -0.380 e. The predicted octanol–water partition coefficient (Wildman–Crippen LogP) is 2.90. The fourth-order valence-corrected chi connectivity index (χ4v) is 3.89. The Hall–Kier alpha value is -1.47. The molecule has 2 aromatic rings. The van der Waals surface area contributed by atoms with Crippen LogP contribution >= 0.6 is 0 Å². The van der Waals surface area contributed by atoms with E-state index in [1.165, 1.54) is 4.31 Å². The van der Waals surface area contributed by atoms with Crippen molar-refractivity contribution in [1.29, 1.82) is 0 Å². The maximum atomic E-state index is 13.0. The fourth-order valence-electron chi connectivity index (χ4n) is 2.45. The second-order valence-electron chi connectivity index (χ2n) is 5.31. The highest BCUT2D eigenvalue weighted by atomic mass is 32.2. The molecule has 0 saturated heterocycles. The van der Waals surface area contributed by atoms with Crippen LogP contribution in [-0.4, -0.2) is 52.2 Å². The van der Waals surface area contributed by atoms with Crippen molar-refractivity contribution in [3.05, 3.63) is 42.5 Å². The smallest absolute Gasteiger partial charge is 0.243 e. The first-order valence-corrected chi connectivity index (χ1v) is 9.68. The molecule has 0 heterocycles. The normalized spacial score (nSPS) is 12.1. The van der Waals surface area contributed by atoms with Crippen LogP contribution in [0.2, 0.25) is 0 Å². The monoisotopic (exact) mass is 351 g/mol. The Kier molecular flexibility index (Phi) is 7.17. The van der Waals surface area contributed by atoms with Gasteiger partial charge in [-0.3, -0.25) is 0 Å². The van der Waals surface area contributed by atoms with Gasteiger partial charge in [0.1, 0.15) is 0 Å². The fraction of sp³-hybridized carbons (Fsp3) is 0.444. The molecular weight excluding hydrogens is 326 g/mol. The van der Waals surface area contributed by atoms with Gasteiger partial charge in [0.2, 0.25) is 10.0 Å². The molecular formula is C18H25NO4S. The summed E-state index contributed by atoms with van der Waals surface area (Å²) in [5.74, 6) is 0. The minimum atomic E-state index is -3.58. The van der Waals surface area contributed by atoms with Crippen LogP contribution in [0.15, 0.2) is 47.4 Å². The summed E-state index contributed by atoms with van der Waals surface area (Å²) in [4.78, 5) is 0.300. The molecule has 5 nitrogen and oxygen atoms in total. The van der Waals surface area contributed by atoms with Crippen molar-refractivity contribution in [2.45, 2.75) is 18.7 Å². The van der Waals surface area contributed by atoms with E-state index in [1.807, 2.05) is 44.2 Å². The van der Waals surface area contributed by atoms with Crippen LogP contribution in [0.1, 0.15) is 13.8 Å². The lowest BCUT2D eigenvalue weighted by molar-refractivity contribution is 0.110. The third kappa shape index (κ3) is 4.77. The molecule has 0 bridgehead atoms. The summed E-state index contributed by atoms with van der Waals surface area (Å²) in [5.41, 5.74) is 0. The number of sulfonamides is 1. The van der Waals surface area contributed by atoms with Gasteiger partial charge in [0, 0.05) is 26.3 Å². The highest BCUT2D eigenvalue weighted by Gasteiger charge is 2.24. The molecule has 0 atom stereocenters. The van der Waals surface area contributed by atoms with Gasteiger partial charge in [0.25, 0.3) is 0 Å². The van der Waals surface area contributed by atoms with Crippen molar-refractivity contribution in [3.63, 3.8) is 0 Å². The number of hydrogen-bond acceptors (Lipinski definition) is 4. The Morgan fingerprint density at radius 3 is 2.04 bits per heavy atom. The Morgan fingerprint density at radius 1 is 0.875 bits per heavy atom. The van der Waals surface area contributed by atoms with Gasteiger partial charge in [0.05, 0.1) is 18.1 Å². The number of rotatable bonds is 10. The summed E-state index contributed by atoms with van der Waals surface area (Å²) >= 11 is 0. The molecule has 0 aromatic heterocycles. The van der Waals surface area contributed by atoms with Gasteiger partial charge < -0.3 is 9.47 Å². The minimum absolute atomic E-state index is 0.300. The van der Waals surface area contributed by atoms with Gasteiger partial charge in [-0.2, -0.15) is 4.31 Å². The van der Waals surface area contributed by atoms with Gasteiger partial charge in [0.15, 0.2) is 0 Å². The zero-order chi connectivity index (χ0) is 17.4. The first kappa shape index (κ1) is 18.9. The molecule has 0 amide bonds. The summed E-state index contributed by atoms with van der Waals surface area (Å²) < 4.78 is 38.0. The molecule has 0 saturated carbocycles. The molecule has 6 heteroatoms. The third-order valence-corrected chi connectivity index (χ3v) is 5.63. The van der Waals surface area contributed by atoms with Crippen LogP contribution < -0.4 is 0 Å². The second-order valence-corrected chi connectivity index (χ2v) is 7.24. The van der Waals surface area contributed by atoms with Crippen LogP contribution in [0.5, 0.6) is 0 Å². The van der Waals surface area contributed by atoms with Crippen molar-refractivity contribution in [3.8, 4) is 0 Å². The molecule has 0 fully saturated rings. The average molecular weight is 351 g/mol. The molecule has 0 radical (unpaired) electrons. The molecule has 0 aliphatic heterocycles. The molecule has 2 rings (SSSR count). The summed E-state index contributed by atoms with van der Waals surface area (Å²) in [6.45, 7) is 6.28. The summed E-state index contributed by atoms with van der Waals surface area (Å²) in [6, 6.07) is 12.9. The van der Waals surface area contributed by atoms with E-state index in [0.717, 1.165) is 10.8 Å². The zero-order valence-electron chi connectivity index (χ0n) is 14.3. The predicted molar refractivity (Wildman–Crippen MR) is 95.7 cm³/mol. The highest BCUT2D eigenvalue weighted by molar-refractivity contribution is 7.89. The first-order chi connectivity index (χ1) is 11.6.